The van der Waals surface area contributed by atoms with E-state index >= 15 is 0 Å². The maximum absolute atomic E-state index is 9.44. The molecule has 0 spiro atoms. The number of benzene rings is 5. The van der Waals surface area contributed by atoms with Gasteiger partial charge in [-0.25, -0.2) is 0 Å². The molecule has 5 aromatic rings. The molecule has 0 unspecified atom stereocenters. The predicted octanol–water partition coefficient (Wildman–Crippen LogP) is 7.59. The van der Waals surface area contributed by atoms with Crippen LogP contribution in [-0.4, -0.2) is 10.2 Å². The van der Waals surface area contributed by atoms with E-state index in [0.717, 1.165) is 44.9 Å². The van der Waals surface area contributed by atoms with Gasteiger partial charge in [-0.15, -0.1) is 0 Å². The van der Waals surface area contributed by atoms with E-state index in [9.17, 15) is 10.2 Å². The van der Waals surface area contributed by atoms with Crippen LogP contribution in [0.5, 0.6) is 23.0 Å². The molecule has 0 radical (unpaired) electrons. The van der Waals surface area contributed by atoms with Gasteiger partial charge in [-0.05, 0) is 81.9 Å². The molecule has 5 aromatic carbocycles. The molecular formula is C32H26O4. The fraction of sp³-hybridized carbons (Fsp3) is 0.0625. The van der Waals surface area contributed by atoms with Crippen LogP contribution in [-0.2, 0) is 13.2 Å². The van der Waals surface area contributed by atoms with E-state index in [-0.39, 0.29) is 11.5 Å². The van der Waals surface area contributed by atoms with Gasteiger partial charge in [0.15, 0.2) is 0 Å². The van der Waals surface area contributed by atoms with Crippen molar-refractivity contribution in [3.05, 3.63) is 132 Å². The summed E-state index contributed by atoms with van der Waals surface area (Å²) in [6.07, 6.45) is 0. The lowest BCUT2D eigenvalue weighted by Crippen LogP contribution is -1.98. The van der Waals surface area contributed by atoms with Crippen molar-refractivity contribution < 1.29 is 19.7 Å². The molecule has 0 aromatic heterocycles. The Labute approximate surface area is 210 Å². The first-order chi connectivity index (χ1) is 17.6. The Morgan fingerprint density at radius 1 is 0.361 bits per heavy atom. The largest absolute Gasteiger partial charge is 0.508 e. The van der Waals surface area contributed by atoms with Crippen LogP contribution in [0.15, 0.2) is 121 Å². The monoisotopic (exact) mass is 474 g/mol. The maximum Gasteiger partial charge on any atom is 0.119 e. The van der Waals surface area contributed by atoms with E-state index in [2.05, 4.69) is 24.3 Å². The van der Waals surface area contributed by atoms with Crippen LogP contribution in [0, 0.1) is 0 Å². The number of aromatic hydroxyl groups is 2. The third kappa shape index (κ3) is 5.86. The molecule has 0 fully saturated rings. The Hall–Kier alpha value is -4.70. The smallest absolute Gasteiger partial charge is 0.119 e. The zero-order valence-corrected chi connectivity index (χ0v) is 19.7. The Kier molecular flexibility index (Phi) is 6.86. The summed E-state index contributed by atoms with van der Waals surface area (Å²) in [6, 6.07) is 38.4. The summed E-state index contributed by atoms with van der Waals surface area (Å²) in [6.45, 7) is 0.969. The van der Waals surface area contributed by atoms with Crippen molar-refractivity contribution in [1.82, 2.24) is 0 Å². The van der Waals surface area contributed by atoms with Gasteiger partial charge in [-0.2, -0.15) is 0 Å². The van der Waals surface area contributed by atoms with Crippen molar-refractivity contribution in [2.75, 3.05) is 0 Å². The summed E-state index contributed by atoms with van der Waals surface area (Å²) in [5.41, 5.74) is 6.40. The fourth-order valence-electron chi connectivity index (χ4n) is 3.86. The van der Waals surface area contributed by atoms with Gasteiger partial charge >= 0.3 is 0 Å². The average molecular weight is 475 g/mol. The van der Waals surface area contributed by atoms with Crippen LogP contribution in [0.3, 0.4) is 0 Å². The lowest BCUT2D eigenvalue weighted by Gasteiger charge is -2.10. The lowest BCUT2D eigenvalue weighted by molar-refractivity contribution is 0.302. The Morgan fingerprint density at radius 2 is 0.639 bits per heavy atom. The van der Waals surface area contributed by atoms with Crippen LogP contribution in [0.4, 0.5) is 0 Å². The number of ether oxygens (including phenoxy) is 2. The first-order valence-electron chi connectivity index (χ1n) is 11.7. The number of hydrogen-bond acceptors (Lipinski definition) is 4. The third-order valence-corrected chi connectivity index (χ3v) is 5.94. The van der Waals surface area contributed by atoms with Gasteiger partial charge in [-0.3, -0.25) is 0 Å². The molecule has 0 bridgehead atoms. The number of phenols is 2. The van der Waals surface area contributed by atoms with Gasteiger partial charge < -0.3 is 19.7 Å². The molecule has 0 aliphatic heterocycles. The predicted molar refractivity (Wildman–Crippen MR) is 142 cm³/mol. The summed E-state index contributed by atoms with van der Waals surface area (Å²) in [5.74, 6) is 2.13. The van der Waals surface area contributed by atoms with E-state index < -0.39 is 0 Å². The van der Waals surface area contributed by atoms with Crippen molar-refractivity contribution in [2.24, 2.45) is 0 Å². The van der Waals surface area contributed by atoms with E-state index in [4.69, 9.17) is 9.47 Å². The van der Waals surface area contributed by atoms with Crippen LogP contribution in [0.1, 0.15) is 11.1 Å². The molecule has 4 nitrogen and oxygen atoms in total. The molecule has 178 valence electrons. The van der Waals surface area contributed by atoms with Crippen LogP contribution >= 0.6 is 0 Å². The highest BCUT2D eigenvalue weighted by molar-refractivity contribution is 5.65. The van der Waals surface area contributed by atoms with E-state index in [1.807, 2.05) is 72.8 Å². The van der Waals surface area contributed by atoms with Gasteiger partial charge in [0.1, 0.15) is 36.2 Å². The normalized spacial score (nSPS) is 10.7. The van der Waals surface area contributed by atoms with Crippen LogP contribution in [0.2, 0.25) is 0 Å². The molecule has 0 amide bonds. The van der Waals surface area contributed by atoms with E-state index in [0.29, 0.717) is 13.2 Å². The molecule has 0 atom stereocenters. The van der Waals surface area contributed by atoms with Crippen LogP contribution in [0.25, 0.3) is 22.3 Å². The van der Waals surface area contributed by atoms with Crippen molar-refractivity contribution in [3.8, 4) is 45.3 Å². The summed E-state index contributed by atoms with van der Waals surface area (Å²) < 4.78 is 11.9. The van der Waals surface area contributed by atoms with Gasteiger partial charge in [0.2, 0.25) is 0 Å². The molecule has 0 aliphatic carbocycles. The van der Waals surface area contributed by atoms with Crippen molar-refractivity contribution >= 4 is 0 Å². The molecule has 0 saturated carbocycles. The highest BCUT2D eigenvalue weighted by atomic mass is 16.5. The van der Waals surface area contributed by atoms with Gasteiger partial charge in [0.05, 0.1) is 0 Å². The molecular weight excluding hydrogens is 448 g/mol. The lowest BCUT2D eigenvalue weighted by atomic mass is 10.1. The van der Waals surface area contributed by atoms with Crippen molar-refractivity contribution in [3.63, 3.8) is 0 Å². The maximum atomic E-state index is 9.44. The fourth-order valence-corrected chi connectivity index (χ4v) is 3.86. The van der Waals surface area contributed by atoms with E-state index in [1.165, 1.54) is 0 Å². The minimum absolute atomic E-state index is 0.261. The zero-order valence-electron chi connectivity index (χ0n) is 19.7. The second-order valence-electron chi connectivity index (χ2n) is 8.54. The topological polar surface area (TPSA) is 58.9 Å². The van der Waals surface area contributed by atoms with Gasteiger partial charge in [-0.1, -0.05) is 72.8 Å². The SMILES string of the molecule is Oc1ccc(-c2ccc(OCc3ccc(COc4ccc(-c5ccc(O)cc5)cc4)cc3)cc2)cc1. The Morgan fingerprint density at radius 3 is 0.944 bits per heavy atom. The van der Waals surface area contributed by atoms with E-state index in [1.54, 1.807) is 24.3 Å². The molecule has 5 rings (SSSR count). The van der Waals surface area contributed by atoms with Crippen molar-refractivity contribution in [1.29, 1.82) is 0 Å². The second kappa shape index (κ2) is 10.7. The Balaban J connectivity index is 1.11. The quantitative estimate of drug-likeness (QED) is 0.243. The zero-order chi connectivity index (χ0) is 24.7. The molecule has 36 heavy (non-hydrogen) atoms. The van der Waals surface area contributed by atoms with Crippen LogP contribution < -0.4 is 9.47 Å². The molecule has 0 heterocycles. The third-order valence-electron chi connectivity index (χ3n) is 5.94. The van der Waals surface area contributed by atoms with Gasteiger partial charge in [0.25, 0.3) is 0 Å². The number of hydrogen-bond donors (Lipinski definition) is 2. The molecule has 2 N–H and O–H groups in total. The number of phenolic OH excluding ortho intramolecular Hbond substituents is 2. The molecule has 0 saturated heterocycles. The Bertz CT molecular complexity index is 1280. The highest BCUT2D eigenvalue weighted by Crippen LogP contribution is 2.26. The second-order valence-corrected chi connectivity index (χ2v) is 8.54. The molecule has 4 heteroatoms. The van der Waals surface area contributed by atoms with Gasteiger partial charge in [0, 0.05) is 0 Å². The first kappa shape index (κ1) is 23.1. The summed E-state index contributed by atoms with van der Waals surface area (Å²) in [4.78, 5) is 0. The minimum Gasteiger partial charge on any atom is -0.508 e. The first-order valence-corrected chi connectivity index (χ1v) is 11.7. The number of rotatable bonds is 8. The summed E-state index contributed by atoms with van der Waals surface area (Å²) in [7, 11) is 0. The van der Waals surface area contributed by atoms with Crippen molar-refractivity contribution in [2.45, 2.75) is 13.2 Å². The summed E-state index contributed by atoms with van der Waals surface area (Å²) >= 11 is 0. The highest BCUT2D eigenvalue weighted by Gasteiger charge is 2.03. The average Bonchev–Trinajstić information content (AvgIpc) is 2.93. The molecule has 0 aliphatic rings. The summed E-state index contributed by atoms with van der Waals surface area (Å²) in [5, 5.41) is 18.9. The standard InChI is InChI=1S/C32H26O4/c33-29-13-5-25(6-14-29)27-9-17-31(18-10-27)35-21-23-1-2-24(4-3-23)22-36-32-19-11-28(12-20-32)26-7-15-30(34)16-8-26/h1-20,33-34H,21-22H2. The minimum atomic E-state index is 0.261.